The van der Waals surface area contributed by atoms with Gasteiger partial charge >= 0.3 is 0 Å². The lowest BCUT2D eigenvalue weighted by molar-refractivity contribution is 0.103. The quantitative estimate of drug-likeness (QED) is 0.445. The van der Waals surface area contributed by atoms with Crippen LogP contribution in [0.3, 0.4) is 0 Å². The van der Waals surface area contributed by atoms with Gasteiger partial charge in [-0.2, -0.15) is 0 Å². The molecule has 1 aliphatic rings. The Morgan fingerprint density at radius 2 is 2.03 bits per heavy atom. The van der Waals surface area contributed by atoms with E-state index in [1.54, 1.807) is 13.3 Å². The van der Waals surface area contributed by atoms with Crippen molar-refractivity contribution in [3.05, 3.63) is 64.3 Å². The number of nitrogens with one attached hydrogen (secondary N) is 1. The summed E-state index contributed by atoms with van der Waals surface area (Å²) in [7, 11) is 1.74. The number of benzene rings is 2. The van der Waals surface area contributed by atoms with Gasteiger partial charge in [-0.05, 0) is 35.4 Å². The van der Waals surface area contributed by atoms with Crippen molar-refractivity contribution in [3.8, 4) is 0 Å². The molecule has 1 aliphatic carbocycles. The van der Waals surface area contributed by atoms with Gasteiger partial charge in [-0.25, -0.2) is 0 Å². The van der Waals surface area contributed by atoms with Crippen LogP contribution in [-0.4, -0.2) is 52.7 Å². The minimum absolute atomic E-state index is 0.0319. The topological polar surface area (TPSA) is 85.7 Å². The fraction of sp³-hybridized carbons (Fsp3) is 0.304. The molecule has 0 bridgehead atoms. The molecular formula is C23H24N2O3S. The minimum Gasteiger partial charge on any atom is -0.394 e. The summed E-state index contributed by atoms with van der Waals surface area (Å²) in [6.07, 6.45) is 1.04. The number of aliphatic hydroxyl groups excluding tert-OH is 2. The highest BCUT2D eigenvalue weighted by atomic mass is 32.2. The maximum Gasteiger partial charge on any atom is 0.195 e. The van der Waals surface area contributed by atoms with Crippen LogP contribution in [0.1, 0.15) is 46.6 Å². The zero-order chi connectivity index (χ0) is 20.8. The first kappa shape index (κ1) is 19.9. The first-order valence-electron chi connectivity index (χ1n) is 9.56. The van der Waals surface area contributed by atoms with E-state index in [-0.39, 0.29) is 17.8 Å². The molecule has 0 aliphatic heterocycles. The number of aliphatic imine (C=N–C) groups is 1. The molecule has 4 rings (SSSR count). The minimum atomic E-state index is -0.758. The monoisotopic (exact) mass is 408 g/mol. The molecule has 0 radical (unpaired) electrons. The number of fused-ring (bicyclic) bond motifs is 4. The lowest BCUT2D eigenvalue weighted by atomic mass is 9.71. The largest absolute Gasteiger partial charge is 0.394 e. The average Bonchev–Trinajstić information content (AvgIpc) is 3.10. The maximum atomic E-state index is 13.4. The Morgan fingerprint density at radius 1 is 1.24 bits per heavy atom. The summed E-state index contributed by atoms with van der Waals surface area (Å²) in [4.78, 5) is 21.9. The van der Waals surface area contributed by atoms with Crippen molar-refractivity contribution >= 4 is 34.7 Å². The van der Waals surface area contributed by atoms with E-state index in [1.807, 2.05) is 36.4 Å². The molecule has 1 unspecified atom stereocenters. The molecule has 29 heavy (non-hydrogen) atoms. The molecule has 2 aromatic carbocycles. The number of hydrogen-bond acceptors (Lipinski definition) is 5. The standard InChI is InChI=1S/C23H24N2O3S/c1-23(2)18-9-15(29-12-14(27)11-26)5-7-16(18)21(28)20-17-6-4-13(10-24-3)8-19(17)25-22(20)23/h4-10,14,25-27H,11-12H2,1-3H3/b24-10-. The highest BCUT2D eigenvalue weighted by Crippen LogP contribution is 2.44. The molecule has 0 fully saturated rings. The maximum absolute atomic E-state index is 13.4. The van der Waals surface area contributed by atoms with E-state index in [0.29, 0.717) is 5.75 Å². The molecule has 0 amide bonds. The van der Waals surface area contributed by atoms with Crippen LogP contribution < -0.4 is 0 Å². The van der Waals surface area contributed by atoms with Crippen LogP contribution in [0.5, 0.6) is 0 Å². The molecule has 6 heteroatoms. The number of hydrogen-bond donors (Lipinski definition) is 3. The van der Waals surface area contributed by atoms with Gasteiger partial charge in [0.25, 0.3) is 0 Å². The molecule has 150 valence electrons. The second kappa shape index (κ2) is 7.44. The second-order valence-corrected chi connectivity index (χ2v) is 8.97. The molecule has 1 heterocycles. The number of aromatic amines is 1. The summed E-state index contributed by atoms with van der Waals surface area (Å²) in [5, 5.41) is 19.6. The molecular weight excluding hydrogens is 384 g/mol. The summed E-state index contributed by atoms with van der Waals surface area (Å²) in [5.41, 5.74) is 4.91. The van der Waals surface area contributed by atoms with E-state index >= 15 is 0 Å². The fourth-order valence-corrected chi connectivity index (χ4v) is 4.85. The van der Waals surface area contributed by atoms with Gasteiger partial charge in [0.15, 0.2) is 5.78 Å². The Balaban J connectivity index is 1.81. The van der Waals surface area contributed by atoms with Gasteiger partial charge in [-0.15, -0.1) is 11.8 Å². The Hall–Kier alpha value is -2.41. The van der Waals surface area contributed by atoms with E-state index in [1.165, 1.54) is 11.8 Å². The van der Waals surface area contributed by atoms with E-state index in [2.05, 4.69) is 23.8 Å². The fourth-order valence-electron chi connectivity index (χ4n) is 3.99. The zero-order valence-corrected chi connectivity index (χ0v) is 17.5. The van der Waals surface area contributed by atoms with Crippen molar-refractivity contribution in [2.75, 3.05) is 19.4 Å². The Bertz CT molecular complexity index is 1130. The Kier molecular flexibility index (Phi) is 5.11. The molecule has 0 saturated heterocycles. The highest BCUT2D eigenvalue weighted by Gasteiger charge is 2.39. The number of rotatable bonds is 5. The summed E-state index contributed by atoms with van der Waals surface area (Å²) < 4.78 is 0. The number of carbonyl (C=O) groups excluding carboxylic acids is 1. The Labute approximate surface area is 173 Å². The van der Waals surface area contributed by atoms with E-state index in [4.69, 9.17) is 5.11 Å². The number of carbonyl (C=O) groups is 1. The summed E-state index contributed by atoms with van der Waals surface area (Å²) in [5.74, 6) is 0.438. The number of H-pyrrole nitrogens is 1. The van der Waals surface area contributed by atoms with Crippen LogP contribution in [0, 0.1) is 0 Å². The SMILES string of the molecule is C/N=C\c1ccc2c3c([nH]c2c1)C(C)(C)c1cc(SCC(O)CO)ccc1C3=O. The summed E-state index contributed by atoms with van der Waals surface area (Å²) in [6.45, 7) is 3.99. The molecule has 5 nitrogen and oxygen atoms in total. The van der Waals surface area contributed by atoms with Gasteiger partial charge in [0.1, 0.15) is 0 Å². The lowest BCUT2D eigenvalue weighted by Gasteiger charge is -2.32. The summed E-state index contributed by atoms with van der Waals surface area (Å²) in [6, 6.07) is 11.8. The van der Waals surface area contributed by atoms with Crippen molar-refractivity contribution in [3.63, 3.8) is 0 Å². The van der Waals surface area contributed by atoms with Crippen LogP contribution in [0.2, 0.25) is 0 Å². The molecule has 0 saturated carbocycles. The van der Waals surface area contributed by atoms with Crippen molar-refractivity contribution < 1.29 is 15.0 Å². The van der Waals surface area contributed by atoms with Gasteiger partial charge in [-0.3, -0.25) is 9.79 Å². The smallest absolute Gasteiger partial charge is 0.195 e. The third-order valence-corrected chi connectivity index (χ3v) is 6.65. The normalized spacial score (nSPS) is 16.2. The number of nitrogens with zero attached hydrogens (tertiary/aromatic N) is 1. The summed E-state index contributed by atoms with van der Waals surface area (Å²) >= 11 is 1.48. The molecule has 3 N–H and O–H groups in total. The van der Waals surface area contributed by atoms with Crippen LogP contribution >= 0.6 is 11.8 Å². The van der Waals surface area contributed by atoms with Crippen molar-refractivity contribution in [1.29, 1.82) is 0 Å². The Morgan fingerprint density at radius 3 is 2.76 bits per heavy atom. The van der Waals surface area contributed by atoms with E-state index in [0.717, 1.165) is 43.7 Å². The number of aromatic nitrogens is 1. The van der Waals surface area contributed by atoms with E-state index in [9.17, 15) is 9.90 Å². The third-order valence-electron chi connectivity index (χ3n) is 5.52. The number of aliphatic hydroxyl groups is 2. The molecule has 1 aromatic heterocycles. The second-order valence-electron chi connectivity index (χ2n) is 7.88. The van der Waals surface area contributed by atoms with E-state index < -0.39 is 6.10 Å². The third kappa shape index (κ3) is 3.31. The molecule has 1 atom stereocenters. The number of thioether (sulfide) groups is 1. The van der Waals surface area contributed by atoms with Crippen molar-refractivity contribution in [1.82, 2.24) is 4.98 Å². The number of ketones is 1. The van der Waals surface area contributed by atoms with Crippen LogP contribution in [0.25, 0.3) is 10.9 Å². The molecule has 3 aromatic rings. The van der Waals surface area contributed by atoms with Gasteiger partial charge in [0.05, 0.1) is 18.3 Å². The van der Waals surface area contributed by atoms with Gasteiger partial charge in [-0.1, -0.05) is 26.0 Å². The van der Waals surface area contributed by atoms with Gasteiger partial charge < -0.3 is 15.2 Å². The van der Waals surface area contributed by atoms with Crippen LogP contribution in [0.15, 0.2) is 46.3 Å². The van der Waals surface area contributed by atoms with Crippen LogP contribution in [-0.2, 0) is 5.41 Å². The average molecular weight is 409 g/mol. The predicted octanol–water partition coefficient (Wildman–Crippen LogP) is 3.53. The van der Waals surface area contributed by atoms with Gasteiger partial charge in [0.2, 0.25) is 0 Å². The van der Waals surface area contributed by atoms with Crippen LogP contribution in [0.4, 0.5) is 0 Å². The van der Waals surface area contributed by atoms with Gasteiger partial charge in [0, 0.05) is 51.5 Å². The highest BCUT2D eigenvalue weighted by molar-refractivity contribution is 7.99. The first-order chi connectivity index (χ1) is 13.9. The lowest BCUT2D eigenvalue weighted by Crippen LogP contribution is -2.30. The molecule has 0 spiro atoms. The first-order valence-corrected chi connectivity index (χ1v) is 10.5. The predicted molar refractivity (Wildman–Crippen MR) is 118 cm³/mol. The van der Waals surface area contributed by atoms with Crippen molar-refractivity contribution in [2.45, 2.75) is 30.3 Å². The zero-order valence-electron chi connectivity index (χ0n) is 16.7. The van der Waals surface area contributed by atoms with Crippen molar-refractivity contribution in [2.24, 2.45) is 4.99 Å².